The van der Waals surface area contributed by atoms with Gasteiger partial charge >= 0.3 is 0 Å². The second-order valence-electron chi connectivity index (χ2n) is 5.49. The van der Waals surface area contributed by atoms with Crippen molar-refractivity contribution in [2.45, 2.75) is 6.54 Å². The first-order valence-corrected chi connectivity index (χ1v) is 8.94. The summed E-state index contributed by atoms with van der Waals surface area (Å²) in [6.45, 7) is 0.570. The molecule has 0 unspecified atom stereocenters. The molecule has 0 aliphatic rings. The fourth-order valence-electron chi connectivity index (χ4n) is 2.45. The summed E-state index contributed by atoms with van der Waals surface area (Å²) < 4.78 is 1.28. The van der Waals surface area contributed by atoms with Crippen molar-refractivity contribution in [2.75, 3.05) is 5.32 Å². The number of anilines is 1. The molecule has 3 aromatic heterocycles. The van der Waals surface area contributed by atoms with Crippen molar-refractivity contribution in [3.63, 3.8) is 0 Å². The molecule has 0 aliphatic carbocycles. The molecule has 0 saturated carbocycles. The number of carbonyl (C=O) groups is 1. The summed E-state index contributed by atoms with van der Waals surface area (Å²) >= 11 is 1.64. The van der Waals surface area contributed by atoms with E-state index < -0.39 is 0 Å². The van der Waals surface area contributed by atoms with Gasteiger partial charge in [0.05, 0.1) is 6.54 Å². The fraction of sp³-hybridized carbons (Fsp3) is 0.0526. The average molecular weight is 361 g/mol. The van der Waals surface area contributed by atoms with Crippen LogP contribution in [0, 0.1) is 0 Å². The summed E-state index contributed by atoms with van der Waals surface area (Å²) in [6, 6.07) is 18.8. The van der Waals surface area contributed by atoms with Crippen molar-refractivity contribution >= 4 is 23.2 Å². The van der Waals surface area contributed by atoms with E-state index in [0.29, 0.717) is 24.0 Å². The van der Waals surface area contributed by atoms with E-state index in [4.69, 9.17) is 0 Å². The van der Waals surface area contributed by atoms with Gasteiger partial charge in [-0.3, -0.25) is 9.78 Å². The summed E-state index contributed by atoms with van der Waals surface area (Å²) in [5.74, 6) is 0.561. The van der Waals surface area contributed by atoms with Gasteiger partial charge in [-0.25, -0.2) is 0 Å². The predicted octanol–water partition coefficient (Wildman–Crippen LogP) is 3.70. The van der Waals surface area contributed by atoms with Crippen molar-refractivity contribution in [3.8, 4) is 11.4 Å². The van der Waals surface area contributed by atoms with Gasteiger partial charge in [-0.1, -0.05) is 42.5 Å². The Kier molecular flexibility index (Phi) is 4.53. The first kappa shape index (κ1) is 16.2. The molecular weight excluding hydrogens is 346 g/mol. The standard InChI is InChI=1S/C19H15N5OS/c25-18(16-10-4-5-11-20-16)24-19(21-13-15-9-6-12-26-15)22-17(23-24)14-7-2-1-3-8-14/h1-12H,13H2,(H,21,22,23). The summed E-state index contributed by atoms with van der Waals surface area (Å²) in [5, 5.41) is 9.63. The van der Waals surface area contributed by atoms with Crippen LogP contribution in [0.2, 0.25) is 0 Å². The van der Waals surface area contributed by atoms with Gasteiger partial charge in [0.1, 0.15) is 5.69 Å². The van der Waals surface area contributed by atoms with Crippen LogP contribution in [0.25, 0.3) is 11.4 Å². The summed E-state index contributed by atoms with van der Waals surface area (Å²) in [4.78, 5) is 22.6. The highest BCUT2D eigenvalue weighted by atomic mass is 32.1. The molecule has 0 amide bonds. The molecule has 7 heteroatoms. The lowest BCUT2D eigenvalue weighted by Crippen LogP contribution is -2.18. The molecule has 0 aliphatic heterocycles. The maximum Gasteiger partial charge on any atom is 0.299 e. The molecule has 26 heavy (non-hydrogen) atoms. The number of rotatable bonds is 5. The van der Waals surface area contributed by atoms with Crippen molar-refractivity contribution in [1.29, 1.82) is 0 Å². The Hall–Kier alpha value is -3.32. The smallest absolute Gasteiger partial charge is 0.299 e. The van der Waals surface area contributed by atoms with Crippen LogP contribution in [-0.4, -0.2) is 25.7 Å². The number of nitrogens with zero attached hydrogens (tertiary/aromatic N) is 4. The molecule has 0 bridgehead atoms. The van der Waals surface area contributed by atoms with Gasteiger partial charge in [0, 0.05) is 16.6 Å². The molecule has 0 radical (unpaired) electrons. The van der Waals surface area contributed by atoms with Gasteiger partial charge in [-0.05, 0) is 23.6 Å². The average Bonchev–Trinajstić information content (AvgIpc) is 3.37. The minimum absolute atomic E-state index is 0.316. The second-order valence-corrected chi connectivity index (χ2v) is 6.52. The van der Waals surface area contributed by atoms with Crippen LogP contribution in [0.3, 0.4) is 0 Å². The van der Waals surface area contributed by atoms with Crippen LogP contribution in [0.4, 0.5) is 5.95 Å². The zero-order chi connectivity index (χ0) is 17.8. The highest BCUT2D eigenvalue weighted by Crippen LogP contribution is 2.19. The summed E-state index contributed by atoms with van der Waals surface area (Å²) in [5.41, 5.74) is 1.16. The van der Waals surface area contributed by atoms with Crippen LogP contribution in [0.1, 0.15) is 15.4 Å². The summed E-state index contributed by atoms with van der Waals surface area (Å²) in [6.07, 6.45) is 1.58. The lowest BCUT2D eigenvalue weighted by Gasteiger charge is -2.05. The maximum absolute atomic E-state index is 12.8. The Morgan fingerprint density at radius 3 is 2.62 bits per heavy atom. The number of nitrogens with one attached hydrogen (secondary N) is 1. The largest absolute Gasteiger partial charge is 0.349 e. The Bertz CT molecular complexity index is 997. The van der Waals surface area contributed by atoms with Crippen molar-refractivity contribution in [3.05, 3.63) is 82.8 Å². The molecule has 128 valence electrons. The highest BCUT2D eigenvalue weighted by molar-refractivity contribution is 7.09. The highest BCUT2D eigenvalue weighted by Gasteiger charge is 2.19. The molecule has 0 saturated heterocycles. The molecule has 6 nitrogen and oxygen atoms in total. The molecule has 1 N–H and O–H groups in total. The molecule has 0 fully saturated rings. The van der Waals surface area contributed by atoms with Crippen molar-refractivity contribution in [2.24, 2.45) is 0 Å². The number of carbonyl (C=O) groups excluding carboxylic acids is 1. The normalized spacial score (nSPS) is 10.6. The number of hydrogen-bond acceptors (Lipinski definition) is 6. The number of pyridine rings is 1. The lowest BCUT2D eigenvalue weighted by molar-refractivity contribution is 0.0942. The second kappa shape index (κ2) is 7.28. The van der Waals surface area contributed by atoms with Crippen molar-refractivity contribution in [1.82, 2.24) is 19.7 Å². The number of hydrogen-bond donors (Lipinski definition) is 1. The third kappa shape index (κ3) is 3.38. The third-order valence-electron chi connectivity index (χ3n) is 3.72. The SMILES string of the molecule is O=C(c1ccccn1)n1nc(-c2ccccc2)nc1NCc1cccs1. The molecule has 0 spiro atoms. The van der Waals surface area contributed by atoms with Crippen molar-refractivity contribution < 1.29 is 4.79 Å². The zero-order valence-electron chi connectivity index (χ0n) is 13.7. The van der Waals surface area contributed by atoms with E-state index in [1.807, 2.05) is 47.8 Å². The molecule has 0 atom stereocenters. The van der Waals surface area contributed by atoms with Gasteiger partial charge in [-0.2, -0.15) is 9.67 Å². The molecule has 4 rings (SSSR count). The van der Waals surface area contributed by atoms with Gasteiger partial charge in [0.25, 0.3) is 5.91 Å². The zero-order valence-corrected chi connectivity index (χ0v) is 14.6. The van der Waals surface area contributed by atoms with Crippen LogP contribution in [0.15, 0.2) is 72.2 Å². The van der Waals surface area contributed by atoms with Gasteiger partial charge in [0.2, 0.25) is 5.95 Å². The first-order valence-electron chi connectivity index (χ1n) is 8.06. The fourth-order valence-corrected chi connectivity index (χ4v) is 3.10. The molecular formula is C19H15N5OS. The lowest BCUT2D eigenvalue weighted by atomic mass is 10.2. The van der Waals surface area contributed by atoms with Gasteiger partial charge in [-0.15, -0.1) is 16.4 Å². The Morgan fingerprint density at radius 2 is 1.88 bits per heavy atom. The quantitative estimate of drug-likeness (QED) is 0.587. The van der Waals surface area contributed by atoms with E-state index in [-0.39, 0.29) is 5.91 Å². The van der Waals surface area contributed by atoms with E-state index in [0.717, 1.165) is 10.4 Å². The van der Waals surface area contributed by atoms with E-state index in [2.05, 4.69) is 20.4 Å². The Morgan fingerprint density at radius 1 is 1.04 bits per heavy atom. The van der Waals surface area contributed by atoms with Crippen LogP contribution in [0.5, 0.6) is 0 Å². The Balaban J connectivity index is 1.70. The minimum atomic E-state index is -0.325. The third-order valence-corrected chi connectivity index (χ3v) is 4.59. The van der Waals surface area contributed by atoms with Crippen LogP contribution in [-0.2, 0) is 6.54 Å². The van der Waals surface area contributed by atoms with Gasteiger partial charge < -0.3 is 5.32 Å². The van der Waals surface area contributed by atoms with Crippen LogP contribution >= 0.6 is 11.3 Å². The maximum atomic E-state index is 12.8. The molecule has 3 heterocycles. The van der Waals surface area contributed by atoms with E-state index in [1.54, 1.807) is 35.7 Å². The number of benzene rings is 1. The van der Waals surface area contributed by atoms with E-state index in [9.17, 15) is 4.79 Å². The van der Waals surface area contributed by atoms with E-state index >= 15 is 0 Å². The summed E-state index contributed by atoms with van der Waals surface area (Å²) in [7, 11) is 0. The monoisotopic (exact) mass is 361 g/mol. The molecule has 1 aromatic carbocycles. The van der Waals surface area contributed by atoms with Gasteiger partial charge in [0.15, 0.2) is 5.82 Å². The Labute approximate surface area is 154 Å². The van der Waals surface area contributed by atoms with Crippen LogP contribution < -0.4 is 5.32 Å². The first-order chi connectivity index (χ1) is 12.8. The predicted molar refractivity (Wildman–Crippen MR) is 101 cm³/mol. The molecule has 4 aromatic rings. The minimum Gasteiger partial charge on any atom is -0.349 e. The number of thiophene rings is 1. The number of aromatic nitrogens is 4. The topological polar surface area (TPSA) is 72.7 Å². The van der Waals surface area contributed by atoms with E-state index in [1.165, 1.54) is 4.68 Å².